The summed E-state index contributed by atoms with van der Waals surface area (Å²) in [5, 5.41) is 8.60. The zero-order valence-electron chi connectivity index (χ0n) is 19.3. The summed E-state index contributed by atoms with van der Waals surface area (Å²) in [5.41, 5.74) is 6.90. The number of rotatable bonds is 7. The van der Waals surface area contributed by atoms with E-state index in [1.54, 1.807) is 0 Å². The molecule has 0 unspecified atom stereocenters. The molecule has 3 nitrogen and oxygen atoms in total. The first-order valence-electron chi connectivity index (χ1n) is 11.6. The van der Waals surface area contributed by atoms with Crippen LogP contribution in [0, 0.1) is 11.3 Å². The van der Waals surface area contributed by atoms with Gasteiger partial charge in [-0.1, -0.05) is 84.1 Å². The number of hydrogen-bond donors (Lipinski definition) is 1. The highest BCUT2D eigenvalue weighted by molar-refractivity contribution is 6.01. The van der Waals surface area contributed by atoms with Crippen LogP contribution in [0.1, 0.15) is 107 Å². The Kier molecular flexibility index (Phi) is 7.58. The monoisotopic (exact) mass is 403 g/mol. The van der Waals surface area contributed by atoms with Gasteiger partial charge in [-0.2, -0.15) is 0 Å². The van der Waals surface area contributed by atoms with Crippen LogP contribution in [-0.4, -0.2) is 16.4 Å². The van der Waals surface area contributed by atoms with Gasteiger partial charge in [-0.15, -0.1) is 0 Å². The van der Waals surface area contributed by atoms with Crippen molar-refractivity contribution in [3.63, 3.8) is 0 Å². The van der Waals surface area contributed by atoms with Gasteiger partial charge in [0.2, 0.25) is 0 Å². The van der Waals surface area contributed by atoms with Gasteiger partial charge in [0.05, 0.1) is 28.5 Å². The lowest BCUT2D eigenvalue weighted by Crippen LogP contribution is -2.14. The van der Waals surface area contributed by atoms with E-state index >= 15 is 0 Å². The predicted molar refractivity (Wildman–Crippen MR) is 129 cm³/mol. The van der Waals surface area contributed by atoms with Crippen LogP contribution in [0.15, 0.2) is 41.4 Å². The van der Waals surface area contributed by atoms with E-state index in [4.69, 9.17) is 15.4 Å². The maximum Gasteiger partial charge on any atom is 0.0849 e. The van der Waals surface area contributed by atoms with Crippen molar-refractivity contribution in [2.24, 2.45) is 10.9 Å². The quantitative estimate of drug-likeness (QED) is 0.471. The molecule has 0 aliphatic heterocycles. The van der Waals surface area contributed by atoms with Crippen LogP contribution in [0.2, 0.25) is 0 Å². The summed E-state index contributed by atoms with van der Waals surface area (Å²) < 4.78 is 0. The average molecular weight is 404 g/mol. The lowest BCUT2D eigenvalue weighted by Gasteiger charge is -2.21. The molecule has 0 atom stereocenters. The van der Waals surface area contributed by atoms with Crippen molar-refractivity contribution < 1.29 is 0 Å². The fourth-order valence-corrected chi connectivity index (χ4v) is 4.45. The van der Waals surface area contributed by atoms with E-state index in [1.807, 2.05) is 25.1 Å². The third-order valence-corrected chi connectivity index (χ3v) is 6.27. The van der Waals surface area contributed by atoms with Gasteiger partial charge < -0.3 is 5.41 Å². The molecule has 1 heterocycles. The molecule has 30 heavy (non-hydrogen) atoms. The molecule has 1 aliphatic carbocycles. The smallest absolute Gasteiger partial charge is 0.0849 e. The third-order valence-electron chi connectivity index (χ3n) is 6.27. The Hall–Kier alpha value is -2.29. The second kappa shape index (κ2) is 10.1. The Morgan fingerprint density at radius 3 is 2.10 bits per heavy atom. The Bertz CT molecular complexity index is 876. The van der Waals surface area contributed by atoms with E-state index in [1.165, 1.54) is 43.2 Å². The normalized spacial score (nSPS) is 15.8. The van der Waals surface area contributed by atoms with Gasteiger partial charge in [0, 0.05) is 0 Å². The molecule has 1 aromatic carbocycles. The van der Waals surface area contributed by atoms with Crippen molar-refractivity contribution in [1.29, 1.82) is 5.41 Å². The Morgan fingerprint density at radius 2 is 1.50 bits per heavy atom. The highest BCUT2D eigenvalue weighted by Crippen LogP contribution is 2.35. The minimum Gasteiger partial charge on any atom is -0.303 e. The SMILES string of the molecule is CC(=Nc1c(C(C)C)cccc1C(C)C)c1cccc(C(=N)CC2CCCCC2)n1. The molecule has 0 saturated heterocycles. The van der Waals surface area contributed by atoms with Gasteiger partial charge in [-0.05, 0) is 54.4 Å². The fourth-order valence-electron chi connectivity index (χ4n) is 4.45. The maximum atomic E-state index is 8.60. The van der Waals surface area contributed by atoms with Crippen molar-refractivity contribution in [1.82, 2.24) is 4.98 Å². The number of nitrogens with one attached hydrogen (secondary N) is 1. The second-order valence-electron chi connectivity index (χ2n) is 9.39. The standard InChI is InChI=1S/C27H37N3/c1-18(2)22-13-9-14-23(19(3)4)27(22)29-20(5)25-15-10-16-26(30-25)24(28)17-21-11-7-6-8-12-21/h9-10,13-16,18-19,21,28H,6-8,11-12,17H2,1-5H3. The minimum absolute atomic E-state index is 0.415. The molecular formula is C27H37N3. The van der Waals surface area contributed by atoms with Crippen LogP contribution in [0.3, 0.4) is 0 Å². The lowest BCUT2D eigenvalue weighted by molar-refractivity contribution is 0.368. The van der Waals surface area contributed by atoms with Crippen LogP contribution in [0.4, 0.5) is 5.69 Å². The molecule has 1 aromatic heterocycles. The number of benzene rings is 1. The summed E-state index contributed by atoms with van der Waals surface area (Å²) in [7, 11) is 0. The summed E-state index contributed by atoms with van der Waals surface area (Å²) in [6, 6.07) is 12.5. The highest BCUT2D eigenvalue weighted by Gasteiger charge is 2.18. The molecule has 1 saturated carbocycles. The molecule has 0 amide bonds. The first kappa shape index (κ1) is 22.4. The largest absolute Gasteiger partial charge is 0.303 e. The van der Waals surface area contributed by atoms with E-state index < -0.39 is 0 Å². The summed E-state index contributed by atoms with van der Waals surface area (Å²) >= 11 is 0. The van der Waals surface area contributed by atoms with E-state index in [-0.39, 0.29) is 0 Å². The van der Waals surface area contributed by atoms with E-state index in [9.17, 15) is 0 Å². The van der Waals surface area contributed by atoms with Gasteiger partial charge in [0.15, 0.2) is 0 Å². The molecule has 1 aliphatic rings. The maximum absolute atomic E-state index is 8.60. The molecule has 0 bridgehead atoms. The zero-order chi connectivity index (χ0) is 21.7. The van der Waals surface area contributed by atoms with Crippen LogP contribution < -0.4 is 0 Å². The summed E-state index contributed by atoms with van der Waals surface area (Å²) in [5.74, 6) is 1.48. The van der Waals surface area contributed by atoms with Gasteiger partial charge in [-0.25, -0.2) is 4.98 Å². The number of para-hydroxylation sites is 1. The molecule has 0 spiro atoms. The summed E-state index contributed by atoms with van der Waals surface area (Å²) in [6.07, 6.45) is 7.33. The molecule has 3 rings (SSSR count). The molecule has 2 aromatic rings. The van der Waals surface area contributed by atoms with Gasteiger partial charge in [-0.3, -0.25) is 4.99 Å². The van der Waals surface area contributed by atoms with Crippen molar-refractivity contribution in [2.75, 3.05) is 0 Å². The van der Waals surface area contributed by atoms with Gasteiger partial charge in [0.1, 0.15) is 0 Å². The van der Waals surface area contributed by atoms with Crippen LogP contribution >= 0.6 is 0 Å². The van der Waals surface area contributed by atoms with E-state index in [0.29, 0.717) is 23.5 Å². The number of hydrogen-bond acceptors (Lipinski definition) is 3. The molecule has 1 N–H and O–H groups in total. The lowest BCUT2D eigenvalue weighted by atomic mass is 9.85. The third kappa shape index (κ3) is 5.44. The molecule has 0 radical (unpaired) electrons. The number of aromatic nitrogens is 1. The van der Waals surface area contributed by atoms with Crippen molar-refractivity contribution >= 4 is 17.1 Å². The highest BCUT2D eigenvalue weighted by atomic mass is 14.8. The zero-order valence-corrected chi connectivity index (χ0v) is 19.3. The number of aliphatic imine (C=N–C) groups is 1. The van der Waals surface area contributed by atoms with Crippen LogP contribution in [-0.2, 0) is 0 Å². The molecule has 160 valence electrons. The average Bonchev–Trinajstić information content (AvgIpc) is 2.74. The van der Waals surface area contributed by atoms with E-state index in [2.05, 4.69) is 45.9 Å². The minimum atomic E-state index is 0.415. The summed E-state index contributed by atoms with van der Waals surface area (Å²) in [4.78, 5) is 9.90. The molecule has 1 fully saturated rings. The Labute approximate surface area is 182 Å². The Balaban J connectivity index is 1.89. The first-order valence-corrected chi connectivity index (χ1v) is 11.6. The fraction of sp³-hybridized carbons (Fsp3) is 0.519. The first-order chi connectivity index (χ1) is 14.4. The van der Waals surface area contributed by atoms with Crippen LogP contribution in [0.5, 0.6) is 0 Å². The second-order valence-corrected chi connectivity index (χ2v) is 9.39. The topological polar surface area (TPSA) is 49.1 Å². The number of nitrogens with zero attached hydrogens (tertiary/aromatic N) is 2. The van der Waals surface area contributed by atoms with Crippen LogP contribution in [0.25, 0.3) is 0 Å². The number of pyridine rings is 1. The Morgan fingerprint density at radius 1 is 0.933 bits per heavy atom. The predicted octanol–water partition coefficient (Wildman–Crippen LogP) is 7.81. The van der Waals surface area contributed by atoms with Crippen molar-refractivity contribution in [3.8, 4) is 0 Å². The molecular weight excluding hydrogens is 366 g/mol. The van der Waals surface area contributed by atoms with Crippen molar-refractivity contribution in [2.45, 2.75) is 85.0 Å². The molecule has 3 heteroatoms. The van der Waals surface area contributed by atoms with Gasteiger partial charge >= 0.3 is 0 Å². The van der Waals surface area contributed by atoms with Crippen molar-refractivity contribution in [3.05, 3.63) is 58.9 Å². The van der Waals surface area contributed by atoms with E-state index in [0.717, 1.165) is 29.2 Å². The summed E-state index contributed by atoms with van der Waals surface area (Å²) in [6.45, 7) is 10.9. The van der Waals surface area contributed by atoms with Gasteiger partial charge in [0.25, 0.3) is 0 Å².